The molecule has 21 heavy (non-hydrogen) atoms. The maximum Gasteiger partial charge on any atom is 0.227 e. The van der Waals surface area contributed by atoms with Crippen LogP contribution in [0.5, 0.6) is 11.5 Å². The van der Waals surface area contributed by atoms with E-state index >= 15 is 0 Å². The van der Waals surface area contributed by atoms with Crippen molar-refractivity contribution in [2.45, 2.75) is 12.5 Å². The number of carbonyl (C=O) groups excluding carboxylic acids is 1. The number of nitrogens with zero attached hydrogens (tertiary/aromatic N) is 1. The molecule has 0 aliphatic carbocycles. The summed E-state index contributed by atoms with van der Waals surface area (Å²) in [6, 6.07) is 5.16. The van der Waals surface area contributed by atoms with E-state index in [2.05, 4.69) is 0 Å². The summed E-state index contributed by atoms with van der Waals surface area (Å²) in [6.07, 6.45) is 0.261. The molecule has 0 aromatic heterocycles. The van der Waals surface area contributed by atoms with Crippen molar-refractivity contribution in [1.29, 1.82) is 0 Å². The maximum atomic E-state index is 12.4. The number of morpholine rings is 1. The summed E-state index contributed by atoms with van der Waals surface area (Å²) in [4.78, 5) is 14.1. The summed E-state index contributed by atoms with van der Waals surface area (Å²) >= 11 is 0. The van der Waals surface area contributed by atoms with Gasteiger partial charge in [-0.15, -0.1) is 0 Å². The Morgan fingerprint density at radius 2 is 2.14 bits per heavy atom. The predicted octanol–water partition coefficient (Wildman–Crippen LogP) is 0.466. The topological polar surface area (TPSA) is 68.2 Å². The molecule has 2 rings (SSSR count). The van der Waals surface area contributed by atoms with E-state index in [1.54, 1.807) is 31.3 Å². The molecular weight excluding hydrogens is 274 g/mol. The van der Waals surface area contributed by atoms with Gasteiger partial charge in [0.15, 0.2) is 11.5 Å². The standard InChI is InChI=1S/C15H21NO5/c1-19-13-4-3-11(7-14(13)20-2)8-15(18)16-5-6-21-10-12(16)9-17/h3-4,7,12,17H,5-6,8-10H2,1-2H3. The third kappa shape index (κ3) is 3.65. The van der Waals surface area contributed by atoms with Crippen molar-refractivity contribution < 1.29 is 24.1 Å². The zero-order valence-electron chi connectivity index (χ0n) is 12.4. The number of methoxy groups -OCH3 is 2. The van der Waals surface area contributed by atoms with Crippen molar-refractivity contribution in [3.8, 4) is 11.5 Å². The van der Waals surface area contributed by atoms with Crippen LogP contribution in [0.15, 0.2) is 18.2 Å². The van der Waals surface area contributed by atoms with E-state index in [4.69, 9.17) is 14.2 Å². The fourth-order valence-electron chi connectivity index (χ4n) is 2.40. The third-order valence-electron chi connectivity index (χ3n) is 3.56. The van der Waals surface area contributed by atoms with Crippen LogP contribution in [0.2, 0.25) is 0 Å². The molecule has 116 valence electrons. The molecule has 1 aromatic rings. The Balaban J connectivity index is 2.08. The summed E-state index contributed by atoms with van der Waals surface area (Å²) in [6.45, 7) is 1.32. The van der Waals surface area contributed by atoms with E-state index in [0.717, 1.165) is 5.56 Å². The average Bonchev–Trinajstić information content (AvgIpc) is 2.54. The lowest BCUT2D eigenvalue weighted by molar-refractivity contribution is -0.140. The minimum absolute atomic E-state index is 0.0235. The van der Waals surface area contributed by atoms with E-state index in [9.17, 15) is 9.90 Å². The summed E-state index contributed by atoms with van der Waals surface area (Å²) in [7, 11) is 3.13. The molecule has 0 saturated carbocycles. The van der Waals surface area contributed by atoms with Gasteiger partial charge in [-0.3, -0.25) is 4.79 Å². The van der Waals surface area contributed by atoms with E-state index in [-0.39, 0.29) is 25.0 Å². The van der Waals surface area contributed by atoms with Crippen molar-refractivity contribution in [2.75, 3.05) is 40.6 Å². The molecule has 1 aliphatic heterocycles. The molecule has 1 saturated heterocycles. The zero-order valence-corrected chi connectivity index (χ0v) is 12.4. The van der Waals surface area contributed by atoms with Crippen LogP contribution in [0.4, 0.5) is 0 Å². The van der Waals surface area contributed by atoms with Crippen molar-refractivity contribution >= 4 is 5.91 Å². The maximum absolute atomic E-state index is 12.4. The number of aliphatic hydroxyl groups is 1. The summed E-state index contributed by atoms with van der Waals surface area (Å²) in [5, 5.41) is 9.32. The molecule has 1 aliphatic rings. The first-order chi connectivity index (χ1) is 10.2. The summed E-state index contributed by atoms with van der Waals surface area (Å²) < 4.78 is 15.7. The van der Waals surface area contributed by atoms with Crippen LogP contribution in [0.3, 0.4) is 0 Å². The van der Waals surface area contributed by atoms with Gasteiger partial charge in [0.1, 0.15) is 0 Å². The Morgan fingerprint density at radius 3 is 2.81 bits per heavy atom. The molecule has 1 fully saturated rings. The molecule has 1 unspecified atom stereocenters. The number of hydrogen-bond donors (Lipinski definition) is 1. The van der Waals surface area contributed by atoms with Gasteiger partial charge in [-0.1, -0.05) is 6.07 Å². The number of rotatable bonds is 5. The minimum Gasteiger partial charge on any atom is -0.493 e. The molecule has 0 spiro atoms. The Bertz CT molecular complexity index is 491. The smallest absolute Gasteiger partial charge is 0.227 e. The highest BCUT2D eigenvalue weighted by molar-refractivity contribution is 5.79. The SMILES string of the molecule is COc1ccc(CC(=O)N2CCOCC2CO)cc1OC. The quantitative estimate of drug-likeness (QED) is 0.855. The molecule has 1 amide bonds. The van der Waals surface area contributed by atoms with Gasteiger partial charge < -0.3 is 24.2 Å². The number of carbonyl (C=O) groups is 1. The number of ether oxygens (including phenoxy) is 3. The monoisotopic (exact) mass is 295 g/mol. The lowest BCUT2D eigenvalue weighted by atomic mass is 10.1. The Labute approximate surface area is 124 Å². The van der Waals surface area contributed by atoms with Gasteiger partial charge in [-0.05, 0) is 17.7 Å². The van der Waals surface area contributed by atoms with Gasteiger partial charge in [0.05, 0.1) is 46.5 Å². The number of aliphatic hydroxyl groups excluding tert-OH is 1. The zero-order chi connectivity index (χ0) is 15.2. The fraction of sp³-hybridized carbons (Fsp3) is 0.533. The second-order valence-electron chi connectivity index (χ2n) is 4.86. The fourth-order valence-corrected chi connectivity index (χ4v) is 2.40. The van der Waals surface area contributed by atoms with Gasteiger partial charge in [-0.2, -0.15) is 0 Å². The highest BCUT2D eigenvalue weighted by Crippen LogP contribution is 2.28. The summed E-state index contributed by atoms with van der Waals surface area (Å²) in [5.74, 6) is 1.21. The van der Waals surface area contributed by atoms with Crippen LogP contribution in [0.1, 0.15) is 5.56 Å². The van der Waals surface area contributed by atoms with Crippen molar-refractivity contribution in [1.82, 2.24) is 4.90 Å². The van der Waals surface area contributed by atoms with E-state index < -0.39 is 0 Å². The molecule has 6 heteroatoms. The highest BCUT2D eigenvalue weighted by atomic mass is 16.5. The second kappa shape index (κ2) is 7.28. The lowest BCUT2D eigenvalue weighted by Gasteiger charge is -2.34. The van der Waals surface area contributed by atoms with Crippen LogP contribution in [-0.2, 0) is 16.0 Å². The number of hydrogen-bond acceptors (Lipinski definition) is 5. The first-order valence-electron chi connectivity index (χ1n) is 6.88. The first kappa shape index (κ1) is 15.6. The van der Waals surface area contributed by atoms with Gasteiger partial charge in [0, 0.05) is 6.54 Å². The van der Waals surface area contributed by atoms with Crippen LogP contribution in [0, 0.1) is 0 Å². The largest absolute Gasteiger partial charge is 0.493 e. The predicted molar refractivity (Wildman–Crippen MR) is 76.7 cm³/mol. The molecule has 0 radical (unpaired) electrons. The average molecular weight is 295 g/mol. The molecule has 1 N–H and O–H groups in total. The Kier molecular flexibility index (Phi) is 5.41. The highest BCUT2D eigenvalue weighted by Gasteiger charge is 2.26. The lowest BCUT2D eigenvalue weighted by Crippen LogP contribution is -2.51. The van der Waals surface area contributed by atoms with Gasteiger partial charge in [-0.25, -0.2) is 0 Å². The molecule has 0 bridgehead atoms. The molecule has 6 nitrogen and oxygen atoms in total. The molecule has 1 heterocycles. The summed E-state index contributed by atoms with van der Waals surface area (Å²) in [5.41, 5.74) is 0.848. The number of amides is 1. The third-order valence-corrected chi connectivity index (χ3v) is 3.56. The van der Waals surface area contributed by atoms with Crippen molar-refractivity contribution in [2.24, 2.45) is 0 Å². The van der Waals surface area contributed by atoms with Crippen LogP contribution < -0.4 is 9.47 Å². The Morgan fingerprint density at radius 1 is 1.38 bits per heavy atom. The van der Waals surface area contributed by atoms with Crippen LogP contribution in [-0.4, -0.2) is 62.5 Å². The van der Waals surface area contributed by atoms with Gasteiger partial charge in [0.25, 0.3) is 0 Å². The van der Waals surface area contributed by atoms with E-state index in [1.165, 1.54) is 0 Å². The first-order valence-corrected chi connectivity index (χ1v) is 6.88. The van der Waals surface area contributed by atoms with Gasteiger partial charge >= 0.3 is 0 Å². The number of benzene rings is 1. The molecule has 1 aromatic carbocycles. The molecular formula is C15H21NO5. The minimum atomic E-state index is -0.258. The van der Waals surface area contributed by atoms with Crippen LogP contribution in [0.25, 0.3) is 0 Å². The molecule has 1 atom stereocenters. The Hall–Kier alpha value is -1.79. The second-order valence-corrected chi connectivity index (χ2v) is 4.86. The van der Waals surface area contributed by atoms with Gasteiger partial charge in [0.2, 0.25) is 5.91 Å². The van der Waals surface area contributed by atoms with Crippen LogP contribution >= 0.6 is 0 Å². The van der Waals surface area contributed by atoms with Crippen molar-refractivity contribution in [3.05, 3.63) is 23.8 Å². The van der Waals surface area contributed by atoms with Crippen molar-refractivity contribution in [3.63, 3.8) is 0 Å². The van der Waals surface area contributed by atoms with E-state index in [0.29, 0.717) is 31.3 Å². The normalized spacial score (nSPS) is 18.4. The van der Waals surface area contributed by atoms with E-state index in [1.807, 2.05) is 6.07 Å².